The van der Waals surface area contributed by atoms with Crippen LogP contribution >= 0.6 is 0 Å². The minimum atomic E-state index is -1.27. The summed E-state index contributed by atoms with van der Waals surface area (Å²) in [5, 5.41) is 0. The molecule has 4 heteroatoms. The van der Waals surface area contributed by atoms with E-state index in [0.717, 1.165) is 19.3 Å². The third-order valence-corrected chi connectivity index (χ3v) is 3.09. The summed E-state index contributed by atoms with van der Waals surface area (Å²) in [6, 6.07) is 0. The summed E-state index contributed by atoms with van der Waals surface area (Å²) in [4.78, 5) is 11.2. The molecule has 0 aromatic rings. The van der Waals surface area contributed by atoms with Gasteiger partial charge in [-0.1, -0.05) is 26.3 Å². The van der Waals surface area contributed by atoms with Crippen LogP contribution in [-0.4, -0.2) is 22.5 Å². The molecular weight excluding hydrogens is 200 g/mol. The number of esters is 1. The second-order valence-corrected chi connectivity index (χ2v) is 4.49. The van der Waals surface area contributed by atoms with Crippen molar-refractivity contribution in [3.63, 3.8) is 0 Å². The molecule has 3 nitrogen and oxygen atoms in total. The van der Waals surface area contributed by atoms with E-state index < -0.39 is 16.8 Å². The third kappa shape index (κ3) is 5.17. The smallest absolute Gasteiger partial charge is 0.346 e. The van der Waals surface area contributed by atoms with E-state index in [4.69, 9.17) is 4.74 Å². The first-order valence-corrected chi connectivity index (χ1v) is 6.19. The van der Waals surface area contributed by atoms with Crippen LogP contribution in [0.5, 0.6) is 0 Å². The van der Waals surface area contributed by atoms with Crippen LogP contribution in [0.3, 0.4) is 0 Å². The molecule has 0 aromatic heterocycles. The van der Waals surface area contributed by atoms with Crippen molar-refractivity contribution in [3.8, 4) is 0 Å². The molecule has 0 bridgehead atoms. The summed E-state index contributed by atoms with van der Waals surface area (Å²) in [5.41, 5.74) is 0. The highest BCUT2D eigenvalue weighted by Crippen LogP contribution is 2.05. The normalized spacial score (nSPS) is 12.1. The summed E-state index contributed by atoms with van der Waals surface area (Å²) in [7, 11) is -1.27. The predicted octanol–water partition coefficient (Wildman–Crippen LogP) is 2.00. The Morgan fingerprint density at radius 2 is 2.00 bits per heavy atom. The highest BCUT2D eigenvalue weighted by molar-refractivity contribution is 7.89. The number of hydrogen-bond acceptors (Lipinski definition) is 3. The van der Waals surface area contributed by atoms with Crippen molar-refractivity contribution in [2.45, 2.75) is 33.1 Å². The van der Waals surface area contributed by atoms with Crippen LogP contribution in [0, 0.1) is 0 Å². The first-order valence-electron chi connectivity index (χ1n) is 4.87. The topological polar surface area (TPSA) is 43.4 Å². The Kier molecular flexibility index (Phi) is 7.38. The Balaban J connectivity index is 3.87. The summed E-state index contributed by atoms with van der Waals surface area (Å²) in [5.74, 6) is -0.0341. The van der Waals surface area contributed by atoms with Gasteiger partial charge in [-0.25, -0.2) is 4.79 Å². The van der Waals surface area contributed by atoms with Crippen LogP contribution in [0.1, 0.15) is 33.1 Å². The van der Waals surface area contributed by atoms with Gasteiger partial charge in [0, 0.05) is 5.75 Å². The van der Waals surface area contributed by atoms with Crippen LogP contribution in [0.2, 0.25) is 0 Å². The Labute approximate surface area is 88.0 Å². The molecule has 14 heavy (non-hydrogen) atoms. The molecule has 0 spiro atoms. The molecule has 0 radical (unpaired) electrons. The standard InChI is InChI=1S/C10H18O3S/c1-4-6-7-8-14(12)9(3)10(11)13-5-2/h3-8H2,1-2H3. The molecule has 0 N–H and O–H groups in total. The fourth-order valence-corrected chi connectivity index (χ4v) is 1.87. The molecule has 1 atom stereocenters. The average molecular weight is 218 g/mol. The molecule has 1 unspecified atom stereocenters. The Morgan fingerprint density at radius 1 is 1.36 bits per heavy atom. The van der Waals surface area contributed by atoms with E-state index in [1.54, 1.807) is 6.92 Å². The molecule has 0 aliphatic rings. The lowest BCUT2D eigenvalue weighted by Crippen LogP contribution is -2.12. The predicted molar refractivity (Wildman–Crippen MR) is 58.3 cm³/mol. The van der Waals surface area contributed by atoms with Gasteiger partial charge >= 0.3 is 5.97 Å². The van der Waals surface area contributed by atoms with Crippen LogP contribution in [0.15, 0.2) is 11.5 Å². The van der Waals surface area contributed by atoms with Gasteiger partial charge in [0.05, 0.1) is 17.4 Å². The lowest BCUT2D eigenvalue weighted by Gasteiger charge is -2.04. The number of ether oxygens (including phenoxy) is 1. The lowest BCUT2D eigenvalue weighted by molar-refractivity contribution is -0.137. The van der Waals surface area contributed by atoms with Gasteiger partial charge < -0.3 is 4.74 Å². The minimum Gasteiger partial charge on any atom is -0.462 e. The zero-order valence-corrected chi connectivity index (χ0v) is 9.69. The van der Waals surface area contributed by atoms with Crippen molar-refractivity contribution in [3.05, 3.63) is 11.5 Å². The van der Waals surface area contributed by atoms with Gasteiger partial charge in [0.1, 0.15) is 4.91 Å². The Bertz CT molecular complexity index is 223. The maximum atomic E-state index is 11.4. The summed E-state index contributed by atoms with van der Waals surface area (Å²) < 4.78 is 16.1. The number of unbranched alkanes of at least 4 members (excludes halogenated alkanes) is 2. The zero-order valence-electron chi connectivity index (χ0n) is 8.88. The van der Waals surface area contributed by atoms with E-state index in [9.17, 15) is 9.00 Å². The fraction of sp³-hybridized carbons (Fsp3) is 0.700. The molecule has 0 fully saturated rings. The summed E-state index contributed by atoms with van der Waals surface area (Å²) >= 11 is 0. The molecule has 0 saturated heterocycles. The monoisotopic (exact) mass is 218 g/mol. The van der Waals surface area contributed by atoms with Crippen molar-refractivity contribution in [1.82, 2.24) is 0 Å². The maximum absolute atomic E-state index is 11.4. The molecule has 0 aliphatic carbocycles. The summed E-state index contributed by atoms with van der Waals surface area (Å²) in [6.07, 6.45) is 2.96. The third-order valence-electron chi connectivity index (χ3n) is 1.71. The van der Waals surface area contributed by atoms with Gasteiger partial charge in [0.2, 0.25) is 0 Å². The van der Waals surface area contributed by atoms with Gasteiger partial charge in [-0.05, 0) is 13.3 Å². The van der Waals surface area contributed by atoms with E-state index in [0.29, 0.717) is 12.4 Å². The van der Waals surface area contributed by atoms with Gasteiger partial charge in [0.15, 0.2) is 0 Å². The largest absolute Gasteiger partial charge is 0.462 e. The van der Waals surface area contributed by atoms with E-state index >= 15 is 0 Å². The molecule has 0 saturated carbocycles. The van der Waals surface area contributed by atoms with Crippen molar-refractivity contribution in [2.75, 3.05) is 12.4 Å². The SMILES string of the molecule is C=C(C(=O)OCC)S(=O)CCCCC. The van der Waals surface area contributed by atoms with Crippen molar-refractivity contribution in [2.24, 2.45) is 0 Å². The number of rotatable bonds is 7. The van der Waals surface area contributed by atoms with Crippen LogP contribution < -0.4 is 0 Å². The highest BCUT2D eigenvalue weighted by atomic mass is 32.2. The zero-order chi connectivity index (χ0) is 11.0. The van der Waals surface area contributed by atoms with Crippen LogP contribution in [-0.2, 0) is 20.3 Å². The van der Waals surface area contributed by atoms with Crippen LogP contribution in [0.4, 0.5) is 0 Å². The second-order valence-electron chi connectivity index (χ2n) is 2.90. The quantitative estimate of drug-likeness (QED) is 0.373. The van der Waals surface area contributed by atoms with E-state index in [1.807, 2.05) is 0 Å². The first kappa shape index (κ1) is 13.4. The number of carbonyl (C=O) groups excluding carboxylic acids is 1. The average Bonchev–Trinajstić information content (AvgIpc) is 2.17. The molecule has 0 rings (SSSR count). The maximum Gasteiger partial charge on any atom is 0.346 e. The van der Waals surface area contributed by atoms with E-state index in [2.05, 4.69) is 13.5 Å². The molecule has 0 aromatic carbocycles. The number of hydrogen-bond donors (Lipinski definition) is 0. The van der Waals surface area contributed by atoms with Gasteiger partial charge in [0.25, 0.3) is 0 Å². The molecule has 82 valence electrons. The second kappa shape index (κ2) is 7.74. The fourth-order valence-electron chi connectivity index (χ4n) is 0.911. The molecular formula is C10H18O3S. The Hall–Kier alpha value is -0.640. The molecule has 0 amide bonds. The summed E-state index contributed by atoms with van der Waals surface area (Å²) in [6.45, 7) is 7.56. The Morgan fingerprint density at radius 3 is 2.50 bits per heavy atom. The minimum absolute atomic E-state index is 0.0861. The molecule has 0 aliphatic heterocycles. The van der Waals surface area contributed by atoms with Gasteiger partial charge in [-0.3, -0.25) is 4.21 Å². The van der Waals surface area contributed by atoms with Crippen LogP contribution in [0.25, 0.3) is 0 Å². The lowest BCUT2D eigenvalue weighted by atomic mass is 10.3. The first-order chi connectivity index (χ1) is 6.63. The van der Waals surface area contributed by atoms with Crippen molar-refractivity contribution in [1.29, 1.82) is 0 Å². The van der Waals surface area contributed by atoms with Crippen molar-refractivity contribution >= 4 is 16.8 Å². The van der Waals surface area contributed by atoms with E-state index in [-0.39, 0.29) is 4.91 Å². The van der Waals surface area contributed by atoms with Crippen molar-refractivity contribution < 1.29 is 13.7 Å². The highest BCUT2D eigenvalue weighted by Gasteiger charge is 2.14. The van der Waals surface area contributed by atoms with E-state index in [1.165, 1.54) is 0 Å². The van der Waals surface area contributed by atoms with Gasteiger partial charge in [-0.15, -0.1) is 0 Å². The molecule has 0 heterocycles. The number of carbonyl (C=O) groups is 1. The van der Waals surface area contributed by atoms with Gasteiger partial charge in [-0.2, -0.15) is 0 Å².